The molecule has 0 unspecified atom stereocenters. The van der Waals surface area contributed by atoms with Gasteiger partial charge in [-0.15, -0.1) is 0 Å². The molecule has 3 rings (SSSR count). The number of carbonyl (C=O) groups is 1. The third-order valence-corrected chi connectivity index (χ3v) is 4.36. The van der Waals surface area contributed by atoms with Gasteiger partial charge in [-0.25, -0.2) is 14.4 Å². The van der Waals surface area contributed by atoms with Crippen LogP contribution >= 0.6 is 0 Å². The van der Waals surface area contributed by atoms with Gasteiger partial charge in [-0.3, -0.25) is 9.78 Å². The molecule has 0 fully saturated rings. The van der Waals surface area contributed by atoms with E-state index in [0.29, 0.717) is 18.8 Å². The van der Waals surface area contributed by atoms with E-state index < -0.39 is 0 Å². The van der Waals surface area contributed by atoms with Gasteiger partial charge in [0.25, 0.3) is 5.91 Å². The first-order valence-corrected chi connectivity index (χ1v) is 9.06. The molecule has 0 bridgehead atoms. The number of rotatable bonds is 8. The van der Waals surface area contributed by atoms with Crippen LogP contribution in [0.2, 0.25) is 0 Å². The number of hydrogen-bond acceptors (Lipinski definition) is 5. The Morgan fingerprint density at radius 1 is 1.00 bits per heavy atom. The molecule has 0 aliphatic carbocycles. The van der Waals surface area contributed by atoms with Gasteiger partial charge in [-0.05, 0) is 48.2 Å². The van der Waals surface area contributed by atoms with Gasteiger partial charge in [-0.1, -0.05) is 12.1 Å². The molecule has 0 saturated heterocycles. The Morgan fingerprint density at radius 3 is 2.39 bits per heavy atom. The molecule has 7 heteroatoms. The van der Waals surface area contributed by atoms with Crippen LogP contribution in [0, 0.1) is 5.82 Å². The highest BCUT2D eigenvalue weighted by atomic mass is 19.1. The summed E-state index contributed by atoms with van der Waals surface area (Å²) in [5.74, 6) is 0.159. The minimum atomic E-state index is -0.277. The topological polar surface area (TPSA) is 71.0 Å². The van der Waals surface area contributed by atoms with Crippen molar-refractivity contribution in [1.82, 2.24) is 20.3 Å². The quantitative estimate of drug-likeness (QED) is 0.652. The van der Waals surface area contributed by atoms with Gasteiger partial charge in [0.05, 0.1) is 12.4 Å². The molecule has 0 saturated carbocycles. The van der Waals surface area contributed by atoms with Crippen LogP contribution in [-0.4, -0.2) is 41.0 Å². The molecule has 0 spiro atoms. The summed E-state index contributed by atoms with van der Waals surface area (Å²) in [7, 11) is 1.94. The molecular weight excluding hydrogens is 357 g/mol. The van der Waals surface area contributed by atoms with Crippen molar-refractivity contribution in [2.24, 2.45) is 0 Å². The maximum atomic E-state index is 12.9. The number of pyridine rings is 1. The number of carbonyl (C=O) groups excluding carboxylic acids is 1. The number of benzene rings is 1. The van der Waals surface area contributed by atoms with Crippen LogP contribution in [0.15, 0.2) is 61.2 Å². The van der Waals surface area contributed by atoms with Crippen molar-refractivity contribution >= 4 is 11.7 Å². The number of anilines is 1. The van der Waals surface area contributed by atoms with Crippen molar-refractivity contribution < 1.29 is 9.18 Å². The van der Waals surface area contributed by atoms with Gasteiger partial charge in [0.1, 0.15) is 17.3 Å². The number of hydrogen-bond donors (Lipinski definition) is 1. The number of nitrogens with zero attached hydrogens (tertiary/aromatic N) is 4. The lowest BCUT2D eigenvalue weighted by Gasteiger charge is -2.17. The summed E-state index contributed by atoms with van der Waals surface area (Å²) >= 11 is 0. The molecule has 1 amide bonds. The molecule has 3 aromatic rings. The Hall–Kier alpha value is -3.35. The largest absolute Gasteiger partial charge is 0.358 e. The van der Waals surface area contributed by atoms with E-state index in [4.69, 9.17) is 0 Å². The van der Waals surface area contributed by atoms with Gasteiger partial charge in [-0.2, -0.15) is 0 Å². The summed E-state index contributed by atoms with van der Waals surface area (Å²) in [5, 5.41) is 2.80. The Bertz CT molecular complexity index is 885. The summed E-state index contributed by atoms with van der Waals surface area (Å²) in [6, 6.07) is 10.2. The van der Waals surface area contributed by atoms with Crippen LogP contribution in [0.1, 0.15) is 21.6 Å². The van der Waals surface area contributed by atoms with Crippen molar-refractivity contribution in [3.8, 4) is 0 Å². The molecule has 144 valence electrons. The lowest BCUT2D eigenvalue weighted by Crippen LogP contribution is -2.27. The first-order valence-electron chi connectivity index (χ1n) is 9.06. The standard InChI is InChI=1S/C21H22FN5O/c1-27(13-9-17-6-10-23-11-7-17)20-15-25-19(14-26-20)21(28)24-12-8-16-2-4-18(22)5-3-16/h2-7,10-11,14-15H,8-9,12-13H2,1H3,(H,24,28). The van der Waals surface area contributed by atoms with E-state index >= 15 is 0 Å². The smallest absolute Gasteiger partial charge is 0.271 e. The zero-order valence-electron chi connectivity index (χ0n) is 15.7. The number of halogens is 1. The van der Waals surface area contributed by atoms with E-state index in [1.165, 1.54) is 23.9 Å². The molecule has 0 radical (unpaired) electrons. The Kier molecular flexibility index (Phi) is 6.62. The minimum absolute atomic E-state index is 0.269. The zero-order valence-corrected chi connectivity index (χ0v) is 15.7. The SMILES string of the molecule is CN(CCc1ccncc1)c1cnc(C(=O)NCCc2ccc(F)cc2)cn1. The monoisotopic (exact) mass is 379 g/mol. The van der Waals surface area contributed by atoms with Gasteiger partial charge >= 0.3 is 0 Å². The molecule has 2 heterocycles. The fourth-order valence-electron chi connectivity index (χ4n) is 2.66. The first-order chi connectivity index (χ1) is 13.6. The number of amides is 1. The van der Waals surface area contributed by atoms with Crippen LogP contribution in [-0.2, 0) is 12.8 Å². The van der Waals surface area contributed by atoms with Crippen LogP contribution in [0.5, 0.6) is 0 Å². The lowest BCUT2D eigenvalue weighted by molar-refractivity contribution is 0.0949. The van der Waals surface area contributed by atoms with Crippen molar-refractivity contribution in [3.63, 3.8) is 0 Å². The van der Waals surface area contributed by atoms with Crippen LogP contribution < -0.4 is 10.2 Å². The molecular formula is C21H22FN5O. The average Bonchev–Trinajstić information content (AvgIpc) is 2.74. The molecule has 0 atom stereocenters. The summed E-state index contributed by atoms with van der Waals surface area (Å²) in [6.45, 7) is 1.22. The number of likely N-dealkylation sites (N-methyl/N-ethyl adjacent to an activating group) is 1. The third-order valence-electron chi connectivity index (χ3n) is 4.36. The second-order valence-corrected chi connectivity index (χ2v) is 6.42. The van der Waals surface area contributed by atoms with Gasteiger partial charge < -0.3 is 10.2 Å². The second-order valence-electron chi connectivity index (χ2n) is 6.42. The van der Waals surface area contributed by atoms with Gasteiger partial charge in [0.15, 0.2) is 0 Å². The highest BCUT2D eigenvalue weighted by Gasteiger charge is 2.09. The molecule has 2 aromatic heterocycles. The summed E-state index contributed by atoms with van der Waals surface area (Å²) in [5.41, 5.74) is 2.43. The predicted molar refractivity (Wildman–Crippen MR) is 106 cm³/mol. The van der Waals surface area contributed by atoms with Crippen molar-refractivity contribution in [2.45, 2.75) is 12.8 Å². The zero-order chi connectivity index (χ0) is 19.8. The average molecular weight is 379 g/mol. The Morgan fingerprint density at radius 2 is 1.71 bits per heavy atom. The van der Waals surface area contributed by atoms with E-state index in [1.807, 2.05) is 24.1 Å². The summed E-state index contributed by atoms with van der Waals surface area (Å²) in [4.78, 5) is 26.7. The van der Waals surface area contributed by atoms with Crippen molar-refractivity contribution in [3.05, 3.63) is 83.8 Å². The highest BCUT2D eigenvalue weighted by Crippen LogP contribution is 2.09. The van der Waals surface area contributed by atoms with E-state index in [2.05, 4.69) is 20.3 Å². The maximum absolute atomic E-state index is 12.9. The molecule has 0 aliphatic heterocycles. The van der Waals surface area contributed by atoms with E-state index in [1.54, 1.807) is 30.7 Å². The fourth-order valence-corrected chi connectivity index (χ4v) is 2.66. The Balaban J connectivity index is 1.47. The van der Waals surface area contributed by atoms with Gasteiger partial charge in [0.2, 0.25) is 0 Å². The molecule has 1 N–H and O–H groups in total. The summed E-state index contributed by atoms with van der Waals surface area (Å²) in [6.07, 6.45) is 8.12. The summed E-state index contributed by atoms with van der Waals surface area (Å²) < 4.78 is 12.9. The first kappa shape index (κ1) is 19.4. The van der Waals surface area contributed by atoms with Crippen molar-refractivity contribution in [1.29, 1.82) is 0 Å². The third kappa shape index (κ3) is 5.57. The van der Waals surface area contributed by atoms with Crippen LogP contribution in [0.3, 0.4) is 0 Å². The van der Waals surface area contributed by atoms with E-state index in [0.717, 1.165) is 18.5 Å². The number of nitrogens with one attached hydrogen (secondary N) is 1. The number of aromatic nitrogens is 3. The molecule has 6 nitrogen and oxygen atoms in total. The Labute approximate surface area is 163 Å². The van der Waals surface area contributed by atoms with E-state index in [9.17, 15) is 9.18 Å². The minimum Gasteiger partial charge on any atom is -0.358 e. The molecule has 1 aromatic carbocycles. The van der Waals surface area contributed by atoms with Crippen LogP contribution in [0.25, 0.3) is 0 Å². The molecule has 0 aliphatic rings. The fraction of sp³-hybridized carbons (Fsp3) is 0.238. The van der Waals surface area contributed by atoms with Gasteiger partial charge in [0, 0.05) is 32.5 Å². The lowest BCUT2D eigenvalue weighted by atomic mass is 10.1. The van der Waals surface area contributed by atoms with Crippen molar-refractivity contribution in [2.75, 3.05) is 25.0 Å². The predicted octanol–water partition coefficient (Wildman–Crippen LogP) is 2.66. The maximum Gasteiger partial charge on any atom is 0.271 e. The van der Waals surface area contributed by atoms with Crippen LogP contribution in [0.4, 0.5) is 10.2 Å². The second kappa shape index (κ2) is 9.55. The normalized spacial score (nSPS) is 10.5. The van der Waals surface area contributed by atoms with E-state index in [-0.39, 0.29) is 17.4 Å². The highest BCUT2D eigenvalue weighted by molar-refractivity contribution is 5.92. The molecule has 28 heavy (non-hydrogen) atoms.